The molecule has 1 aliphatic rings. The van der Waals surface area contributed by atoms with Crippen LogP contribution in [0.2, 0.25) is 10.0 Å². The molecule has 0 aliphatic heterocycles. The van der Waals surface area contributed by atoms with E-state index in [1.54, 1.807) is 55.8 Å². The minimum atomic E-state index is -3.10. The summed E-state index contributed by atoms with van der Waals surface area (Å²) in [5, 5.41) is 12.4. The van der Waals surface area contributed by atoms with Gasteiger partial charge in [0.1, 0.15) is 34.8 Å². The highest BCUT2D eigenvalue weighted by Crippen LogP contribution is 2.38. The van der Waals surface area contributed by atoms with Crippen LogP contribution in [0.15, 0.2) is 61.1 Å². The highest BCUT2D eigenvalue weighted by atomic mass is 35.5. The molecular weight excluding hydrogens is 735 g/mol. The quantitative estimate of drug-likeness (QED) is 0.0599. The zero-order valence-corrected chi connectivity index (χ0v) is 30.1. The molecule has 274 valence electrons. The number of pyridine rings is 1. The van der Waals surface area contributed by atoms with E-state index in [1.807, 2.05) is 0 Å². The summed E-state index contributed by atoms with van der Waals surface area (Å²) in [6, 6.07) is 10.7. The van der Waals surface area contributed by atoms with E-state index in [1.165, 1.54) is 18.2 Å². The highest BCUT2D eigenvalue weighted by molar-refractivity contribution is 7.80. The fraction of sp³-hybridized carbons (Fsp3) is 0.382. The van der Waals surface area contributed by atoms with Gasteiger partial charge >= 0.3 is 18.6 Å². The third-order valence-corrected chi connectivity index (χ3v) is 9.04. The van der Waals surface area contributed by atoms with Crippen molar-refractivity contribution in [3.05, 3.63) is 87.4 Å². The van der Waals surface area contributed by atoms with Gasteiger partial charge in [-0.25, -0.2) is 4.21 Å². The number of hydrogen-bond donors (Lipinski definition) is 1. The van der Waals surface area contributed by atoms with Gasteiger partial charge in [0.05, 0.1) is 17.8 Å². The van der Waals surface area contributed by atoms with Crippen LogP contribution < -0.4 is 18.5 Å². The average Bonchev–Trinajstić information content (AvgIpc) is 3.77. The van der Waals surface area contributed by atoms with Gasteiger partial charge in [-0.05, 0) is 75.4 Å². The van der Waals surface area contributed by atoms with Gasteiger partial charge in [0, 0.05) is 23.6 Å². The minimum Gasteiger partial charge on any atom is -0.619 e. The molecule has 0 spiro atoms. The highest BCUT2D eigenvalue weighted by Gasteiger charge is 2.28. The number of carbonyl (C=O) groups excluding carboxylic acids is 2. The Labute approximate surface area is 304 Å². The number of esters is 2. The number of carbonyl (C=O) groups is 2. The summed E-state index contributed by atoms with van der Waals surface area (Å²) in [7, 11) is 0. The second-order valence-electron chi connectivity index (χ2n) is 12.8. The Bertz CT molecular complexity index is 1910. The number of nitrogens with zero attached hydrogens (tertiary/aromatic N) is 3. The topological polar surface area (TPSA) is 143 Å². The smallest absolute Gasteiger partial charge is 0.387 e. The van der Waals surface area contributed by atoms with E-state index in [-0.39, 0.29) is 46.8 Å². The van der Waals surface area contributed by atoms with Crippen molar-refractivity contribution in [2.45, 2.75) is 64.9 Å². The van der Waals surface area contributed by atoms with Crippen LogP contribution in [0.25, 0.3) is 10.9 Å². The molecule has 2 atom stereocenters. The van der Waals surface area contributed by atoms with E-state index in [2.05, 4.69) is 4.74 Å². The summed E-state index contributed by atoms with van der Waals surface area (Å²) >= 11 is 10.1. The van der Waals surface area contributed by atoms with Crippen molar-refractivity contribution in [2.24, 2.45) is 5.92 Å². The van der Waals surface area contributed by atoms with Crippen LogP contribution in [0, 0.1) is 11.1 Å². The minimum absolute atomic E-state index is 0.0162. The fourth-order valence-electron chi connectivity index (χ4n) is 5.27. The van der Waals surface area contributed by atoms with E-state index < -0.39 is 48.1 Å². The van der Waals surface area contributed by atoms with Gasteiger partial charge in [0.2, 0.25) is 0 Å². The molecule has 1 aliphatic carbocycles. The maximum Gasteiger partial charge on any atom is 0.387 e. The Morgan fingerprint density at radius 3 is 2.43 bits per heavy atom. The van der Waals surface area contributed by atoms with Crippen molar-refractivity contribution in [1.82, 2.24) is 4.57 Å². The van der Waals surface area contributed by atoms with Crippen LogP contribution in [-0.4, -0.2) is 50.6 Å². The van der Waals surface area contributed by atoms with Crippen LogP contribution in [0.3, 0.4) is 0 Å². The molecule has 0 amide bonds. The van der Waals surface area contributed by atoms with Crippen molar-refractivity contribution >= 4 is 63.0 Å². The first-order valence-electron chi connectivity index (χ1n) is 15.7. The first-order chi connectivity index (χ1) is 24.1. The molecule has 0 radical (unpaired) electrons. The molecule has 1 unspecified atom stereocenters. The Morgan fingerprint density at radius 1 is 1.10 bits per heavy atom. The maximum absolute atomic E-state index is 13.6. The SMILES string of the molecule is CC(C)(C)OC(=O)CN(c1cccc2c1ccn2CC(=O)O[C@@H](Cc1c(Cl)c[n+]([O-])cc1Cl)c1ccc(OC(F)F)c(OCC2CC2)c1)S(=O)O. The zero-order chi connectivity index (χ0) is 37.0. The zero-order valence-electron chi connectivity index (χ0n) is 27.7. The molecule has 2 aromatic heterocycles. The number of aromatic nitrogens is 2. The summed E-state index contributed by atoms with van der Waals surface area (Å²) in [4.78, 5) is 26.1. The number of benzene rings is 2. The van der Waals surface area contributed by atoms with E-state index in [4.69, 9.17) is 37.4 Å². The molecule has 5 rings (SSSR count). The average molecular weight is 771 g/mol. The van der Waals surface area contributed by atoms with Crippen molar-refractivity contribution in [3.63, 3.8) is 0 Å². The van der Waals surface area contributed by atoms with E-state index >= 15 is 0 Å². The van der Waals surface area contributed by atoms with Gasteiger partial charge in [0.25, 0.3) is 11.3 Å². The van der Waals surface area contributed by atoms with E-state index in [0.717, 1.165) is 29.5 Å². The van der Waals surface area contributed by atoms with Gasteiger partial charge in [-0.3, -0.25) is 18.4 Å². The van der Waals surface area contributed by atoms with Gasteiger partial charge in [-0.2, -0.15) is 13.5 Å². The van der Waals surface area contributed by atoms with Crippen LogP contribution >= 0.6 is 23.2 Å². The number of halogens is 4. The summed E-state index contributed by atoms with van der Waals surface area (Å²) in [5.74, 6) is -1.31. The van der Waals surface area contributed by atoms with Crippen LogP contribution in [0.4, 0.5) is 14.5 Å². The number of alkyl halides is 2. The monoisotopic (exact) mass is 769 g/mol. The molecule has 51 heavy (non-hydrogen) atoms. The first kappa shape index (κ1) is 38.1. The molecule has 4 aromatic rings. The summed E-state index contributed by atoms with van der Waals surface area (Å²) in [6.07, 6.45) is 4.49. The molecule has 1 fully saturated rings. The fourth-order valence-corrected chi connectivity index (χ4v) is 6.42. The first-order valence-corrected chi connectivity index (χ1v) is 17.6. The molecular formula is C34H35Cl2F2N3O9S. The Morgan fingerprint density at radius 2 is 1.80 bits per heavy atom. The van der Waals surface area contributed by atoms with Gasteiger partial charge < -0.3 is 28.7 Å². The van der Waals surface area contributed by atoms with Crippen molar-refractivity contribution < 1.29 is 50.8 Å². The normalized spacial score (nSPS) is 14.3. The Kier molecular flexibility index (Phi) is 11.9. The van der Waals surface area contributed by atoms with Crippen LogP contribution in [-0.2, 0) is 43.3 Å². The lowest BCUT2D eigenvalue weighted by atomic mass is 10.0. The van der Waals surface area contributed by atoms with E-state index in [0.29, 0.717) is 32.7 Å². The summed E-state index contributed by atoms with van der Waals surface area (Å²) in [6.45, 7) is 1.38. The predicted molar refractivity (Wildman–Crippen MR) is 185 cm³/mol. The number of fused-ring (bicyclic) bond motifs is 1. The number of rotatable bonds is 15. The lowest BCUT2D eigenvalue weighted by Gasteiger charge is -2.24. The third-order valence-electron chi connectivity index (χ3n) is 7.69. The number of hydrogen-bond acceptors (Lipinski definition) is 8. The van der Waals surface area contributed by atoms with Crippen molar-refractivity contribution in [3.8, 4) is 11.5 Å². The predicted octanol–water partition coefficient (Wildman–Crippen LogP) is 6.78. The van der Waals surface area contributed by atoms with Crippen LogP contribution in [0.1, 0.15) is 50.8 Å². The molecule has 2 heterocycles. The van der Waals surface area contributed by atoms with Gasteiger partial charge in [0.15, 0.2) is 23.9 Å². The summed E-state index contributed by atoms with van der Waals surface area (Å²) in [5.41, 5.74) is 0.575. The maximum atomic E-state index is 13.6. The van der Waals surface area contributed by atoms with Crippen molar-refractivity contribution in [1.29, 1.82) is 0 Å². The van der Waals surface area contributed by atoms with Crippen molar-refractivity contribution in [2.75, 3.05) is 17.5 Å². The molecule has 0 saturated heterocycles. The molecule has 17 heteroatoms. The lowest BCUT2D eigenvalue weighted by Crippen LogP contribution is -2.36. The molecule has 12 nitrogen and oxygen atoms in total. The van der Waals surface area contributed by atoms with Gasteiger partial charge in [-0.15, -0.1) is 0 Å². The number of anilines is 1. The second kappa shape index (κ2) is 16.0. The van der Waals surface area contributed by atoms with E-state index in [9.17, 15) is 32.3 Å². The Balaban J connectivity index is 1.43. The van der Waals surface area contributed by atoms with Gasteiger partial charge in [-0.1, -0.05) is 35.3 Å². The molecule has 1 saturated carbocycles. The summed E-state index contributed by atoms with van der Waals surface area (Å²) < 4.78 is 73.6. The molecule has 2 aromatic carbocycles. The third kappa shape index (κ3) is 10.2. The Hall–Kier alpha value is -4.18. The number of ether oxygens (including phenoxy) is 4. The molecule has 0 bridgehead atoms. The molecule has 1 N–H and O–H groups in total. The second-order valence-corrected chi connectivity index (χ2v) is 14.5. The lowest BCUT2D eigenvalue weighted by molar-refractivity contribution is -0.605. The standard InChI is InChI=1S/C34H35Cl2F2N3O9S/c1-34(2,3)50-32(43)18-41(51(45)46)27-6-4-5-26-22(27)11-12-39(26)17-31(42)48-29(14-23-24(35)15-40(44)16-25(23)36)21-9-10-28(49-33(37)38)30(13-21)47-19-20-7-8-20/h4-6,9-13,15-16,20,29,33H,7-8,14,17-19H2,1-3H3,(H,45,46)/t29-/m0/s1. The largest absolute Gasteiger partial charge is 0.619 e. The van der Waals surface area contributed by atoms with Crippen LogP contribution in [0.5, 0.6) is 11.5 Å².